The summed E-state index contributed by atoms with van der Waals surface area (Å²) >= 11 is 6.00. The summed E-state index contributed by atoms with van der Waals surface area (Å²) in [5.74, 6) is 0.279. The Labute approximate surface area is 178 Å². The lowest BCUT2D eigenvalue weighted by Gasteiger charge is -2.14. The van der Waals surface area contributed by atoms with Crippen molar-refractivity contribution in [3.05, 3.63) is 75.4 Å². The van der Waals surface area contributed by atoms with Crippen LogP contribution in [0, 0.1) is 10.1 Å². The largest absolute Gasteiger partial charge is 0.482 e. The van der Waals surface area contributed by atoms with Crippen molar-refractivity contribution in [3.8, 4) is 11.4 Å². The Bertz CT molecular complexity index is 1070. The van der Waals surface area contributed by atoms with Crippen LogP contribution >= 0.6 is 11.6 Å². The van der Waals surface area contributed by atoms with Crippen LogP contribution in [0.3, 0.4) is 0 Å². The molecule has 0 fully saturated rings. The summed E-state index contributed by atoms with van der Waals surface area (Å²) in [7, 11) is 0. The van der Waals surface area contributed by atoms with E-state index >= 15 is 0 Å². The van der Waals surface area contributed by atoms with Crippen molar-refractivity contribution in [3.63, 3.8) is 0 Å². The topological polar surface area (TPSA) is 99.3 Å². The molecule has 30 heavy (non-hydrogen) atoms. The average Bonchev–Trinajstić information content (AvgIpc) is 3.11. The summed E-state index contributed by atoms with van der Waals surface area (Å²) < 4.78 is 7.09. The molecule has 0 saturated heterocycles. The van der Waals surface area contributed by atoms with E-state index in [4.69, 9.17) is 16.3 Å². The van der Waals surface area contributed by atoms with Crippen LogP contribution in [0.4, 0.5) is 11.5 Å². The number of para-hydroxylation sites is 1. The van der Waals surface area contributed by atoms with Crippen LogP contribution in [0.15, 0.2) is 54.6 Å². The highest BCUT2D eigenvalue weighted by Crippen LogP contribution is 2.29. The molecular formula is C21H21ClN4O4. The lowest BCUT2D eigenvalue weighted by atomic mass is 9.92. The number of benzene rings is 2. The number of anilines is 1. The lowest BCUT2D eigenvalue weighted by molar-refractivity contribution is -0.384. The highest BCUT2D eigenvalue weighted by Gasteiger charge is 2.21. The van der Waals surface area contributed by atoms with Crippen LogP contribution < -0.4 is 10.1 Å². The first-order chi connectivity index (χ1) is 14.1. The Morgan fingerprint density at radius 2 is 1.90 bits per heavy atom. The maximum absolute atomic E-state index is 12.5. The Kier molecular flexibility index (Phi) is 6.07. The van der Waals surface area contributed by atoms with E-state index < -0.39 is 10.8 Å². The number of carbonyl (C=O) groups is 1. The molecule has 1 aromatic heterocycles. The van der Waals surface area contributed by atoms with Gasteiger partial charge >= 0.3 is 0 Å². The molecule has 1 heterocycles. The van der Waals surface area contributed by atoms with Crippen molar-refractivity contribution < 1.29 is 14.5 Å². The summed E-state index contributed by atoms with van der Waals surface area (Å²) in [5, 5.41) is 18.3. The molecule has 0 spiro atoms. The zero-order valence-electron chi connectivity index (χ0n) is 16.8. The number of hydrogen-bond acceptors (Lipinski definition) is 5. The number of ether oxygens (including phenoxy) is 1. The van der Waals surface area contributed by atoms with Gasteiger partial charge in [0.15, 0.2) is 6.61 Å². The predicted molar refractivity (Wildman–Crippen MR) is 114 cm³/mol. The van der Waals surface area contributed by atoms with Gasteiger partial charge in [-0.1, -0.05) is 50.6 Å². The standard InChI is InChI=1S/C21H21ClN4O4/c1-21(2,3)18-12-19(25(24-18)14-7-5-4-6-8-14)23-20(27)13-30-17-10-9-15(26(28)29)11-16(17)22/h4-12H,13H2,1-3H3,(H,23,27). The average molecular weight is 429 g/mol. The van der Waals surface area contributed by atoms with E-state index in [1.54, 1.807) is 4.68 Å². The number of nitrogens with zero attached hydrogens (tertiary/aromatic N) is 3. The number of nitro groups is 1. The molecule has 0 aliphatic rings. The van der Waals surface area contributed by atoms with E-state index in [2.05, 4.69) is 10.4 Å². The normalized spacial score (nSPS) is 11.2. The molecule has 1 amide bonds. The molecule has 3 rings (SSSR count). The molecule has 0 radical (unpaired) electrons. The zero-order chi connectivity index (χ0) is 21.9. The maximum Gasteiger partial charge on any atom is 0.271 e. The molecule has 2 aromatic carbocycles. The van der Waals surface area contributed by atoms with Gasteiger partial charge in [0.05, 0.1) is 21.3 Å². The van der Waals surface area contributed by atoms with Crippen LogP contribution in [0.2, 0.25) is 5.02 Å². The van der Waals surface area contributed by atoms with Crippen molar-refractivity contribution in [2.75, 3.05) is 11.9 Å². The molecule has 1 N–H and O–H groups in total. The van der Waals surface area contributed by atoms with Gasteiger partial charge in [0.2, 0.25) is 0 Å². The van der Waals surface area contributed by atoms with Gasteiger partial charge in [-0.2, -0.15) is 5.10 Å². The summed E-state index contributed by atoms with van der Waals surface area (Å²) in [6.45, 7) is 5.80. The van der Waals surface area contributed by atoms with E-state index in [1.165, 1.54) is 18.2 Å². The number of aromatic nitrogens is 2. The number of rotatable bonds is 6. The lowest BCUT2D eigenvalue weighted by Crippen LogP contribution is -2.22. The van der Waals surface area contributed by atoms with Gasteiger partial charge in [-0.3, -0.25) is 14.9 Å². The monoisotopic (exact) mass is 428 g/mol. The van der Waals surface area contributed by atoms with Gasteiger partial charge in [0.1, 0.15) is 11.6 Å². The van der Waals surface area contributed by atoms with E-state index in [0.29, 0.717) is 5.82 Å². The predicted octanol–water partition coefficient (Wildman–Crippen LogP) is 4.75. The number of hydrogen-bond donors (Lipinski definition) is 1. The van der Waals surface area contributed by atoms with Crippen molar-refractivity contribution in [2.45, 2.75) is 26.2 Å². The van der Waals surface area contributed by atoms with Crippen LogP contribution in [-0.4, -0.2) is 27.2 Å². The van der Waals surface area contributed by atoms with Crippen molar-refractivity contribution in [1.82, 2.24) is 9.78 Å². The first-order valence-electron chi connectivity index (χ1n) is 9.18. The third-order valence-electron chi connectivity index (χ3n) is 4.23. The third kappa shape index (κ3) is 4.96. The number of amides is 1. The first-order valence-corrected chi connectivity index (χ1v) is 9.55. The van der Waals surface area contributed by atoms with Crippen molar-refractivity contribution >= 4 is 29.0 Å². The second-order valence-corrected chi connectivity index (χ2v) is 8.03. The Hall–Kier alpha value is -3.39. The minimum absolute atomic E-state index is 0.0568. The molecular weight excluding hydrogens is 408 g/mol. The quantitative estimate of drug-likeness (QED) is 0.451. The maximum atomic E-state index is 12.5. The first kappa shape index (κ1) is 21.3. The summed E-state index contributed by atoms with van der Waals surface area (Å²) in [6.07, 6.45) is 0. The number of nitrogens with one attached hydrogen (secondary N) is 1. The molecule has 0 aliphatic carbocycles. The molecule has 0 aliphatic heterocycles. The highest BCUT2D eigenvalue weighted by atomic mass is 35.5. The molecule has 0 atom stereocenters. The number of carbonyl (C=O) groups excluding carboxylic acids is 1. The van der Waals surface area contributed by atoms with Crippen LogP contribution in [0.1, 0.15) is 26.5 Å². The Balaban J connectivity index is 1.76. The second-order valence-electron chi connectivity index (χ2n) is 7.62. The fourth-order valence-electron chi connectivity index (χ4n) is 2.65. The fraction of sp³-hybridized carbons (Fsp3) is 0.238. The van der Waals surface area contributed by atoms with Crippen molar-refractivity contribution in [1.29, 1.82) is 0 Å². The smallest absolute Gasteiger partial charge is 0.271 e. The fourth-order valence-corrected chi connectivity index (χ4v) is 2.87. The second kappa shape index (κ2) is 8.54. The van der Waals surface area contributed by atoms with Gasteiger partial charge in [0.25, 0.3) is 11.6 Å². The summed E-state index contributed by atoms with van der Waals surface area (Å²) in [4.78, 5) is 22.7. The van der Waals surface area contributed by atoms with Crippen LogP contribution in [0.25, 0.3) is 5.69 Å². The number of nitro benzene ring substituents is 1. The highest BCUT2D eigenvalue weighted by molar-refractivity contribution is 6.32. The van der Waals surface area contributed by atoms with E-state index in [-0.39, 0.29) is 28.5 Å². The van der Waals surface area contributed by atoms with Gasteiger partial charge in [-0.05, 0) is 18.2 Å². The van der Waals surface area contributed by atoms with E-state index in [1.807, 2.05) is 57.2 Å². The summed E-state index contributed by atoms with van der Waals surface area (Å²) in [6, 6.07) is 15.1. The molecule has 0 unspecified atom stereocenters. The van der Waals surface area contributed by atoms with Crippen LogP contribution in [0.5, 0.6) is 5.75 Å². The van der Waals surface area contributed by atoms with E-state index in [9.17, 15) is 14.9 Å². The summed E-state index contributed by atoms with van der Waals surface area (Å²) in [5.41, 5.74) is 1.27. The third-order valence-corrected chi connectivity index (χ3v) is 4.53. The van der Waals surface area contributed by atoms with Gasteiger partial charge < -0.3 is 10.1 Å². The molecule has 8 nitrogen and oxygen atoms in total. The van der Waals surface area contributed by atoms with Crippen molar-refractivity contribution in [2.24, 2.45) is 0 Å². The van der Waals surface area contributed by atoms with E-state index in [0.717, 1.165) is 11.4 Å². The Morgan fingerprint density at radius 3 is 2.50 bits per heavy atom. The van der Waals surface area contributed by atoms with Gasteiger partial charge in [-0.25, -0.2) is 4.68 Å². The molecule has 156 valence electrons. The number of non-ortho nitro benzene ring substituents is 1. The minimum atomic E-state index is -0.556. The van der Waals surface area contributed by atoms with Gasteiger partial charge in [0, 0.05) is 23.6 Å². The van der Waals surface area contributed by atoms with Crippen LogP contribution in [-0.2, 0) is 10.2 Å². The minimum Gasteiger partial charge on any atom is -0.482 e. The molecule has 0 bridgehead atoms. The Morgan fingerprint density at radius 1 is 1.20 bits per heavy atom. The molecule has 3 aromatic rings. The van der Waals surface area contributed by atoms with Gasteiger partial charge in [-0.15, -0.1) is 0 Å². The number of halogens is 1. The zero-order valence-corrected chi connectivity index (χ0v) is 17.5. The SMILES string of the molecule is CC(C)(C)c1cc(NC(=O)COc2ccc([N+](=O)[O-])cc2Cl)n(-c2ccccc2)n1. The molecule has 9 heteroatoms. The molecule has 0 saturated carbocycles.